The van der Waals surface area contributed by atoms with Gasteiger partial charge in [-0.15, -0.1) is 0 Å². The van der Waals surface area contributed by atoms with E-state index in [4.69, 9.17) is 14.7 Å². The minimum atomic E-state index is -4.40. The Balaban J connectivity index is 1.89. The molecule has 0 radical (unpaired) electrons. The number of benzene rings is 2. The average Bonchev–Trinajstić information content (AvgIpc) is 3.02. The van der Waals surface area contributed by atoms with Crippen LogP contribution in [0.5, 0.6) is 11.5 Å². The number of nitro groups is 1. The van der Waals surface area contributed by atoms with Gasteiger partial charge in [0, 0.05) is 24.7 Å². The molecule has 11 nitrogen and oxygen atoms in total. The molecule has 13 heteroatoms. The van der Waals surface area contributed by atoms with Crippen molar-refractivity contribution in [3.8, 4) is 11.5 Å². The summed E-state index contributed by atoms with van der Waals surface area (Å²) in [4.78, 5) is 35.6. The summed E-state index contributed by atoms with van der Waals surface area (Å²) in [6.07, 6.45) is 1.46. The maximum absolute atomic E-state index is 12.7. The van der Waals surface area contributed by atoms with E-state index < -0.39 is 26.2 Å². The van der Waals surface area contributed by atoms with Crippen LogP contribution >= 0.6 is 11.8 Å². The Morgan fingerprint density at radius 1 is 1.18 bits per heavy atom. The van der Waals surface area contributed by atoms with Crippen molar-refractivity contribution in [3.05, 3.63) is 62.5 Å². The second kappa shape index (κ2) is 9.60. The molecule has 2 aromatic carbocycles. The summed E-state index contributed by atoms with van der Waals surface area (Å²) in [7, 11) is -3.11. The number of nitrogens with zero attached hydrogens (tertiary/aromatic N) is 2. The lowest BCUT2D eigenvalue weighted by molar-refractivity contribution is -0.385. The van der Waals surface area contributed by atoms with Gasteiger partial charge < -0.3 is 14.7 Å². The first-order valence-electron chi connectivity index (χ1n) is 9.40. The molecule has 0 aromatic heterocycles. The fraction of sp³-hybridized carbons (Fsp3) is 0.200. The Bertz CT molecular complexity index is 1270. The smallest absolute Gasteiger partial charge is 0.339 e. The Kier molecular flexibility index (Phi) is 7.05. The number of rotatable bonds is 8. The lowest BCUT2D eigenvalue weighted by atomic mass is 10.2. The Labute approximate surface area is 193 Å². The third kappa shape index (κ3) is 5.16. The van der Waals surface area contributed by atoms with Crippen LogP contribution in [0.2, 0.25) is 0 Å². The van der Waals surface area contributed by atoms with Gasteiger partial charge in [0.25, 0.3) is 16.8 Å². The molecule has 0 atom stereocenters. The van der Waals surface area contributed by atoms with Crippen molar-refractivity contribution in [1.82, 2.24) is 4.90 Å². The van der Waals surface area contributed by atoms with Crippen LogP contribution in [0.15, 0.2) is 46.2 Å². The molecule has 1 fully saturated rings. The molecule has 0 bridgehead atoms. The minimum Gasteiger partial charge on any atom is -0.493 e. The first-order valence-corrected chi connectivity index (χ1v) is 11.6. The van der Waals surface area contributed by atoms with E-state index >= 15 is 0 Å². The summed E-state index contributed by atoms with van der Waals surface area (Å²) in [5, 5.41) is 10.7. The number of carbonyl (C=O) groups is 2. The molecule has 1 saturated heterocycles. The van der Waals surface area contributed by atoms with Crippen LogP contribution < -0.4 is 14.7 Å². The molecule has 0 spiro atoms. The van der Waals surface area contributed by atoms with Gasteiger partial charge in [-0.25, -0.2) is 0 Å². The van der Waals surface area contributed by atoms with Crippen LogP contribution in [0.1, 0.15) is 11.1 Å². The quantitative estimate of drug-likeness (QED) is 0.251. The summed E-state index contributed by atoms with van der Waals surface area (Å²) in [6, 6.07) is 7.65. The standard InChI is InChI=1S/C20H19N3O8S2/c1-12-3-5-14(11-15(12)23(26)27)33(28,29)31-16-6-4-13(9-17(16)30-2)10-18-19(24)22(8-7-21)20(25)32-18/h3-6,9-11H,7-8,21H2,1-2H3. The topological polar surface area (TPSA) is 159 Å². The maximum Gasteiger partial charge on any atom is 0.339 e. The highest BCUT2D eigenvalue weighted by molar-refractivity contribution is 8.18. The maximum atomic E-state index is 12.7. The number of amides is 2. The van der Waals surface area contributed by atoms with Gasteiger partial charge in [0.1, 0.15) is 4.90 Å². The molecule has 0 unspecified atom stereocenters. The number of thioether (sulfide) groups is 1. The van der Waals surface area contributed by atoms with E-state index in [1.165, 1.54) is 50.4 Å². The van der Waals surface area contributed by atoms with Gasteiger partial charge in [-0.05, 0) is 48.5 Å². The van der Waals surface area contributed by atoms with E-state index in [9.17, 15) is 28.1 Å². The average molecular weight is 494 g/mol. The fourth-order valence-electron chi connectivity index (χ4n) is 2.92. The molecule has 33 heavy (non-hydrogen) atoms. The minimum absolute atomic E-state index is 0.0372. The molecule has 2 amide bonds. The van der Waals surface area contributed by atoms with Crippen molar-refractivity contribution in [3.63, 3.8) is 0 Å². The normalized spacial score (nSPS) is 15.2. The second-order valence-electron chi connectivity index (χ2n) is 6.78. The fourth-order valence-corrected chi connectivity index (χ4v) is 4.75. The molecule has 1 aliphatic heterocycles. The molecular formula is C20H19N3O8S2. The molecule has 2 N–H and O–H groups in total. The molecule has 2 aromatic rings. The molecule has 3 rings (SSSR count). The van der Waals surface area contributed by atoms with Crippen molar-refractivity contribution in [2.75, 3.05) is 20.2 Å². The zero-order valence-electron chi connectivity index (χ0n) is 17.5. The highest BCUT2D eigenvalue weighted by Gasteiger charge is 2.34. The predicted octanol–water partition coefficient (Wildman–Crippen LogP) is 2.67. The van der Waals surface area contributed by atoms with Crippen molar-refractivity contribution < 1.29 is 31.9 Å². The van der Waals surface area contributed by atoms with Crippen LogP contribution in [-0.4, -0.2) is 49.6 Å². The number of ether oxygens (including phenoxy) is 1. The highest BCUT2D eigenvalue weighted by Crippen LogP contribution is 2.35. The third-order valence-electron chi connectivity index (χ3n) is 4.58. The van der Waals surface area contributed by atoms with Crippen molar-refractivity contribution in [2.24, 2.45) is 5.73 Å². The van der Waals surface area contributed by atoms with E-state index in [1.807, 2.05) is 0 Å². The largest absolute Gasteiger partial charge is 0.493 e. The number of carbonyl (C=O) groups excluding carboxylic acids is 2. The Morgan fingerprint density at radius 3 is 2.55 bits per heavy atom. The van der Waals surface area contributed by atoms with Gasteiger partial charge in [-0.1, -0.05) is 12.1 Å². The van der Waals surface area contributed by atoms with Gasteiger partial charge in [-0.3, -0.25) is 24.6 Å². The van der Waals surface area contributed by atoms with Crippen LogP contribution in [0.4, 0.5) is 10.5 Å². The number of aryl methyl sites for hydroxylation is 1. The summed E-state index contributed by atoms with van der Waals surface area (Å²) in [5.41, 5.74) is 5.83. The molecule has 0 aliphatic carbocycles. The van der Waals surface area contributed by atoms with Crippen LogP contribution in [-0.2, 0) is 14.9 Å². The van der Waals surface area contributed by atoms with E-state index in [0.717, 1.165) is 22.7 Å². The summed E-state index contributed by atoms with van der Waals surface area (Å²) in [6.45, 7) is 1.73. The van der Waals surface area contributed by atoms with E-state index in [0.29, 0.717) is 11.1 Å². The van der Waals surface area contributed by atoms with Crippen molar-refractivity contribution >= 4 is 44.8 Å². The number of imide groups is 1. The van der Waals surface area contributed by atoms with Crippen molar-refractivity contribution in [2.45, 2.75) is 11.8 Å². The van der Waals surface area contributed by atoms with Gasteiger partial charge in [0.05, 0.1) is 16.9 Å². The summed E-state index contributed by atoms with van der Waals surface area (Å²) in [5.74, 6) is -0.595. The summed E-state index contributed by atoms with van der Waals surface area (Å²) >= 11 is 0.766. The van der Waals surface area contributed by atoms with E-state index in [-0.39, 0.29) is 40.1 Å². The van der Waals surface area contributed by atoms with E-state index in [2.05, 4.69) is 0 Å². The lowest BCUT2D eigenvalue weighted by Crippen LogP contribution is -2.33. The molecule has 174 valence electrons. The van der Waals surface area contributed by atoms with Gasteiger partial charge in [-0.2, -0.15) is 8.42 Å². The van der Waals surface area contributed by atoms with Crippen LogP contribution in [0.25, 0.3) is 6.08 Å². The molecular weight excluding hydrogens is 474 g/mol. The lowest BCUT2D eigenvalue weighted by Gasteiger charge is -2.12. The number of hydrogen-bond acceptors (Lipinski definition) is 10. The first-order chi connectivity index (χ1) is 15.6. The van der Waals surface area contributed by atoms with Gasteiger partial charge in [0.15, 0.2) is 11.5 Å². The predicted molar refractivity (Wildman–Crippen MR) is 120 cm³/mol. The Morgan fingerprint density at radius 2 is 1.91 bits per heavy atom. The monoisotopic (exact) mass is 493 g/mol. The zero-order valence-corrected chi connectivity index (χ0v) is 19.1. The van der Waals surface area contributed by atoms with Crippen LogP contribution in [0.3, 0.4) is 0 Å². The first kappa shape index (κ1) is 24.2. The Hall–Kier alpha value is -3.42. The van der Waals surface area contributed by atoms with Gasteiger partial charge in [0.2, 0.25) is 0 Å². The van der Waals surface area contributed by atoms with E-state index in [1.54, 1.807) is 0 Å². The van der Waals surface area contributed by atoms with Crippen LogP contribution in [0, 0.1) is 17.0 Å². The number of methoxy groups -OCH3 is 1. The zero-order chi connectivity index (χ0) is 24.3. The number of nitro benzene ring substituents is 1. The van der Waals surface area contributed by atoms with Gasteiger partial charge >= 0.3 is 10.1 Å². The second-order valence-corrected chi connectivity index (χ2v) is 9.31. The molecule has 0 saturated carbocycles. The SMILES string of the molecule is COc1cc(C=C2SC(=O)N(CCN)C2=O)ccc1OS(=O)(=O)c1ccc(C)c([N+](=O)[O-])c1. The molecule has 1 aliphatic rings. The highest BCUT2D eigenvalue weighted by atomic mass is 32.2. The third-order valence-corrected chi connectivity index (χ3v) is 6.71. The van der Waals surface area contributed by atoms with Crippen molar-refractivity contribution in [1.29, 1.82) is 0 Å². The molecule has 1 heterocycles. The number of nitrogens with two attached hydrogens (primary N) is 1. The number of hydrogen-bond donors (Lipinski definition) is 1. The summed E-state index contributed by atoms with van der Waals surface area (Å²) < 4.78 is 35.7.